The van der Waals surface area contributed by atoms with Crippen molar-refractivity contribution in [3.05, 3.63) is 0 Å². The minimum Gasteiger partial charge on any atom is -0.372 e. The summed E-state index contributed by atoms with van der Waals surface area (Å²) in [5.74, 6) is -0.205. The van der Waals surface area contributed by atoms with E-state index >= 15 is 0 Å². The highest BCUT2D eigenvalue weighted by Gasteiger charge is 2.27. The van der Waals surface area contributed by atoms with Gasteiger partial charge in [0.1, 0.15) is 6.61 Å². The smallest absolute Gasteiger partial charge is 0.372 e. The van der Waals surface area contributed by atoms with Gasteiger partial charge in [0.15, 0.2) is 9.84 Å². The molecule has 16 heavy (non-hydrogen) atoms. The van der Waals surface area contributed by atoms with Gasteiger partial charge in [0.05, 0.1) is 11.0 Å². The Morgan fingerprint density at radius 1 is 1.38 bits per heavy atom. The van der Waals surface area contributed by atoms with Crippen molar-refractivity contribution in [2.45, 2.75) is 24.8 Å². The third kappa shape index (κ3) is 7.02. The molecule has 0 fully saturated rings. The third-order valence-corrected chi connectivity index (χ3v) is 4.20. The van der Waals surface area contributed by atoms with Crippen molar-refractivity contribution in [3.63, 3.8) is 0 Å². The lowest BCUT2D eigenvalue weighted by Crippen LogP contribution is -2.29. The number of alkyl halides is 3. The van der Waals surface area contributed by atoms with Crippen molar-refractivity contribution in [1.29, 1.82) is 0 Å². The van der Waals surface area contributed by atoms with Crippen molar-refractivity contribution in [1.82, 2.24) is 0 Å². The van der Waals surface area contributed by atoms with Gasteiger partial charge in [-0.25, -0.2) is 8.42 Å². The standard InChI is InChI=1S/C8H16F3NO3S/c1-7(5-12)16(13,14)4-2-3-15-6-8(9,10)11/h7H,2-6,12H2,1H3. The molecule has 8 heteroatoms. The van der Waals surface area contributed by atoms with Crippen LogP contribution in [-0.2, 0) is 14.6 Å². The number of hydrogen-bond acceptors (Lipinski definition) is 4. The van der Waals surface area contributed by atoms with E-state index in [1.807, 2.05) is 0 Å². The summed E-state index contributed by atoms with van der Waals surface area (Å²) in [6.07, 6.45) is -4.33. The van der Waals surface area contributed by atoms with Crippen molar-refractivity contribution in [3.8, 4) is 0 Å². The predicted octanol–water partition coefficient (Wildman–Crippen LogP) is 0.717. The van der Waals surface area contributed by atoms with Crippen molar-refractivity contribution in [2.24, 2.45) is 5.73 Å². The zero-order valence-corrected chi connectivity index (χ0v) is 9.77. The first-order chi connectivity index (χ1) is 7.19. The minimum atomic E-state index is -4.37. The Labute approximate surface area is 92.9 Å². The largest absolute Gasteiger partial charge is 0.411 e. The topological polar surface area (TPSA) is 69.4 Å². The second-order valence-corrected chi connectivity index (χ2v) is 5.97. The molecule has 0 aromatic carbocycles. The fourth-order valence-electron chi connectivity index (χ4n) is 0.898. The Hall–Kier alpha value is -0.340. The number of rotatable bonds is 7. The summed E-state index contributed by atoms with van der Waals surface area (Å²) in [6.45, 7) is -0.104. The van der Waals surface area contributed by atoms with E-state index in [0.717, 1.165) is 0 Å². The van der Waals surface area contributed by atoms with Gasteiger partial charge in [0.2, 0.25) is 0 Å². The molecule has 0 aliphatic rings. The van der Waals surface area contributed by atoms with Crippen LogP contribution in [0.5, 0.6) is 0 Å². The van der Waals surface area contributed by atoms with Crippen molar-refractivity contribution < 1.29 is 26.3 Å². The molecule has 0 amide bonds. The zero-order valence-electron chi connectivity index (χ0n) is 8.96. The van der Waals surface area contributed by atoms with Crippen LogP contribution in [0.25, 0.3) is 0 Å². The lowest BCUT2D eigenvalue weighted by molar-refractivity contribution is -0.173. The van der Waals surface area contributed by atoms with E-state index in [1.165, 1.54) is 6.92 Å². The first-order valence-corrected chi connectivity index (χ1v) is 6.46. The van der Waals surface area contributed by atoms with E-state index in [9.17, 15) is 21.6 Å². The Bertz CT molecular complexity index is 289. The second-order valence-electron chi connectivity index (χ2n) is 3.43. The van der Waals surface area contributed by atoms with Gasteiger partial charge < -0.3 is 10.5 Å². The Morgan fingerprint density at radius 2 is 1.94 bits per heavy atom. The summed E-state index contributed by atoms with van der Waals surface area (Å²) in [4.78, 5) is 0. The Morgan fingerprint density at radius 3 is 2.38 bits per heavy atom. The Kier molecular flexibility index (Phi) is 6.27. The van der Waals surface area contributed by atoms with E-state index in [1.54, 1.807) is 0 Å². The average molecular weight is 263 g/mol. The SMILES string of the molecule is CC(CN)S(=O)(=O)CCCOCC(F)(F)F. The molecule has 4 nitrogen and oxygen atoms in total. The highest BCUT2D eigenvalue weighted by molar-refractivity contribution is 7.92. The van der Waals surface area contributed by atoms with Crippen molar-refractivity contribution >= 4 is 9.84 Å². The summed E-state index contributed by atoms with van der Waals surface area (Å²) in [5, 5.41) is -0.671. The molecule has 1 atom stereocenters. The lowest BCUT2D eigenvalue weighted by Gasteiger charge is -2.11. The first kappa shape index (κ1) is 15.7. The van der Waals surface area contributed by atoms with Gasteiger partial charge in [-0.1, -0.05) is 0 Å². The maximum absolute atomic E-state index is 11.6. The second kappa shape index (κ2) is 6.41. The monoisotopic (exact) mass is 263 g/mol. The third-order valence-electron chi connectivity index (χ3n) is 1.93. The Balaban J connectivity index is 3.75. The van der Waals surface area contributed by atoms with Crippen LogP contribution in [0.1, 0.15) is 13.3 Å². The van der Waals surface area contributed by atoms with Gasteiger partial charge in [0.25, 0.3) is 0 Å². The van der Waals surface area contributed by atoms with E-state index in [-0.39, 0.29) is 25.3 Å². The highest BCUT2D eigenvalue weighted by Crippen LogP contribution is 2.14. The number of nitrogens with two attached hydrogens (primary N) is 1. The summed E-state index contributed by atoms with van der Waals surface area (Å²) >= 11 is 0. The van der Waals surface area contributed by atoms with Crippen LogP contribution >= 0.6 is 0 Å². The normalized spacial score (nSPS) is 15.1. The van der Waals surface area contributed by atoms with E-state index in [4.69, 9.17) is 5.73 Å². The molecular formula is C8H16F3NO3S. The number of ether oxygens (including phenoxy) is 1. The van der Waals surface area contributed by atoms with Gasteiger partial charge in [0, 0.05) is 13.2 Å². The molecule has 0 saturated heterocycles. The van der Waals surface area contributed by atoms with Gasteiger partial charge in [-0.05, 0) is 13.3 Å². The summed E-state index contributed by atoms with van der Waals surface area (Å²) < 4.78 is 61.9. The van der Waals surface area contributed by atoms with Gasteiger partial charge >= 0.3 is 6.18 Å². The quantitative estimate of drug-likeness (QED) is 0.687. The molecule has 0 bridgehead atoms. The highest BCUT2D eigenvalue weighted by atomic mass is 32.2. The summed E-state index contributed by atoms with van der Waals surface area (Å²) in [5.41, 5.74) is 5.19. The molecule has 0 rings (SSSR count). The van der Waals surface area contributed by atoms with Crippen LogP contribution in [0.15, 0.2) is 0 Å². The maximum Gasteiger partial charge on any atom is 0.411 e. The van der Waals surface area contributed by atoms with Crippen LogP contribution in [0.2, 0.25) is 0 Å². The van der Waals surface area contributed by atoms with Gasteiger partial charge in [-0.2, -0.15) is 13.2 Å². The van der Waals surface area contributed by atoms with Crippen LogP contribution in [0.3, 0.4) is 0 Å². The van der Waals surface area contributed by atoms with E-state index < -0.39 is 27.9 Å². The van der Waals surface area contributed by atoms with E-state index in [0.29, 0.717) is 0 Å². The zero-order chi connectivity index (χ0) is 12.8. The molecule has 2 N–H and O–H groups in total. The number of sulfone groups is 1. The van der Waals surface area contributed by atoms with Gasteiger partial charge in [-0.15, -0.1) is 0 Å². The summed E-state index contributed by atoms with van der Waals surface area (Å²) in [7, 11) is -3.31. The lowest BCUT2D eigenvalue weighted by atomic mass is 10.5. The van der Waals surface area contributed by atoms with Crippen LogP contribution in [-0.4, -0.2) is 45.4 Å². The number of hydrogen-bond donors (Lipinski definition) is 1. The molecule has 0 aromatic rings. The fraction of sp³-hybridized carbons (Fsp3) is 1.00. The molecule has 0 saturated carbocycles. The van der Waals surface area contributed by atoms with Gasteiger partial charge in [-0.3, -0.25) is 0 Å². The van der Waals surface area contributed by atoms with Crippen LogP contribution in [0.4, 0.5) is 13.2 Å². The fourth-order valence-corrected chi connectivity index (χ4v) is 2.11. The molecule has 0 spiro atoms. The molecule has 1 unspecified atom stereocenters. The molecule has 98 valence electrons. The molecule has 0 aromatic heterocycles. The molecule has 0 heterocycles. The predicted molar refractivity (Wildman–Crippen MR) is 53.8 cm³/mol. The van der Waals surface area contributed by atoms with Crippen LogP contribution in [0, 0.1) is 0 Å². The summed E-state index contributed by atoms with van der Waals surface area (Å²) in [6, 6.07) is 0. The first-order valence-electron chi connectivity index (χ1n) is 4.75. The molecule has 0 radical (unpaired) electrons. The van der Waals surface area contributed by atoms with Crippen molar-refractivity contribution in [2.75, 3.05) is 25.5 Å². The van der Waals surface area contributed by atoms with E-state index in [2.05, 4.69) is 4.74 Å². The minimum absolute atomic E-state index is 0.00570. The molecule has 0 aliphatic carbocycles. The molecular weight excluding hydrogens is 247 g/mol. The average Bonchev–Trinajstić information content (AvgIpc) is 2.14. The molecule has 0 aliphatic heterocycles. The number of halogens is 3. The van der Waals surface area contributed by atoms with Crippen LogP contribution < -0.4 is 5.73 Å². The maximum atomic E-state index is 11.6.